The number of hydrogen-bond donors (Lipinski definition) is 0. The van der Waals surface area contributed by atoms with E-state index in [1.807, 2.05) is 0 Å². The quantitative estimate of drug-likeness (QED) is 0.328. The molecule has 0 fully saturated rings. The summed E-state index contributed by atoms with van der Waals surface area (Å²) in [6.07, 6.45) is -5.32. The molecule has 1 aromatic carbocycles. The number of rotatable bonds is 4. The van der Waals surface area contributed by atoms with E-state index in [2.05, 4.69) is 9.97 Å². The molecule has 5 nitrogen and oxygen atoms in total. The zero-order valence-electron chi connectivity index (χ0n) is 17.3. The van der Waals surface area contributed by atoms with Gasteiger partial charge < -0.3 is 4.40 Å². The van der Waals surface area contributed by atoms with Gasteiger partial charge in [0.2, 0.25) is 0 Å². The minimum Gasteiger partial charge on any atom is -0.306 e. The topological polar surface area (TPSA) is 64.3 Å². The van der Waals surface area contributed by atoms with Crippen LogP contribution in [0.3, 0.4) is 0 Å². The van der Waals surface area contributed by atoms with E-state index in [-0.39, 0.29) is 33.2 Å². The van der Waals surface area contributed by atoms with E-state index in [1.165, 1.54) is 41.9 Å². The zero-order valence-corrected chi connectivity index (χ0v) is 18.1. The monoisotopic (exact) mass is 499 g/mol. The summed E-state index contributed by atoms with van der Waals surface area (Å²) in [4.78, 5) is 8.07. The largest absolute Gasteiger partial charge is 0.416 e. The molecule has 4 rings (SSSR count). The van der Waals surface area contributed by atoms with Gasteiger partial charge in [0.1, 0.15) is 17.0 Å². The van der Waals surface area contributed by atoms with Gasteiger partial charge in [0.15, 0.2) is 9.84 Å². The molecule has 3 aromatic heterocycles. The lowest BCUT2D eigenvalue weighted by atomic mass is 10.0. The number of hydrogen-bond acceptors (Lipinski definition) is 4. The first-order valence-corrected chi connectivity index (χ1v) is 11.4. The predicted molar refractivity (Wildman–Crippen MR) is 112 cm³/mol. The van der Waals surface area contributed by atoms with Crippen LogP contribution in [0.4, 0.5) is 26.3 Å². The van der Waals surface area contributed by atoms with Crippen LogP contribution in [0.25, 0.3) is 28.2 Å². The number of benzene rings is 1. The number of alkyl halides is 6. The third-order valence-corrected chi connectivity index (χ3v) is 6.88. The summed E-state index contributed by atoms with van der Waals surface area (Å²) in [6.45, 7) is 1.41. The second-order valence-electron chi connectivity index (χ2n) is 7.35. The van der Waals surface area contributed by atoms with Gasteiger partial charge in [-0.25, -0.2) is 13.4 Å². The molecule has 4 aromatic rings. The maximum atomic E-state index is 13.0. The van der Waals surface area contributed by atoms with Gasteiger partial charge >= 0.3 is 12.4 Å². The summed E-state index contributed by atoms with van der Waals surface area (Å²) in [5.41, 5.74) is -1.30. The zero-order chi connectivity index (χ0) is 24.9. The number of fused-ring (bicyclic) bond motifs is 1. The SMILES string of the molecule is CCS(=O)(=O)c1cc(-c2ccc(C(F)(F)F)cc2)cnc1-c1cn2ccc(C(F)(F)F)cc2n1. The Morgan fingerprint density at radius 2 is 1.53 bits per heavy atom. The number of imidazole rings is 1. The van der Waals surface area contributed by atoms with Crippen LogP contribution in [0.2, 0.25) is 0 Å². The molecule has 0 N–H and O–H groups in total. The van der Waals surface area contributed by atoms with Crippen LogP contribution in [-0.2, 0) is 22.2 Å². The highest BCUT2D eigenvalue weighted by molar-refractivity contribution is 7.91. The minimum atomic E-state index is -4.58. The third kappa shape index (κ3) is 4.49. The molecule has 0 saturated heterocycles. The van der Waals surface area contributed by atoms with Gasteiger partial charge in [-0.1, -0.05) is 19.1 Å². The standard InChI is InChI=1S/C22H15F6N3O2S/c1-2-34(32,33)18-9-14(13-3-5-15(6-4-13)21(23,24)25)11-29-20(18)17-12-31-8-7-16(22(26,27)28)10-19(31)30-17/h3-12H,2H2,1H3. The summed E-state index contributed by atoms with van der Waals surface area (Å²) < 4.78 is 104. The Morgan fingerprint density at radius 3 is 2.12 bits per heavy atom. The number of sulfone groups is 1. The smallest absolute Gasteiger partial charge is 0.306 e. The van der Waals surface area contributed by atoms with E-state index >= 15 is 0 Å². The van der Waals surface area contributed by atoms with Crippen LogP contribution < -0.4 is 0 Å². The lowest BCUT2D eigenvalue weighted by Crippen LogP contribution is -2.07. The number of nitrogens with zero attached hydrogens (tertiary/aromatic N) is 3. The Bertz CT molecular complexity index is 1470. The van der Waals surface area contributed by atoms with Crippen molar-refractivity contribution in [3.05, 3.63) is 72.2 Å². The molecule has 0 aliphatic carbocycles. The van der Waals surface area contributed by atoms with E-state index < -0.39 is 33.3 Å². The predicted octanol–water partition coefficient (Wildman–Crippen LogP) is 5.89. The van der Waals surface area contributed by atoms with Gasteiger partial charge in [-0.05, 0) is 35.9 Å². The maximum Gasteiger partial charge on any atom is 0.416 e. The van der Waals surface area contributed by atoms with Crippen LogP contribution in [0, 0.1) is 0 Å². The Labute approximate surface area is 189 Å². The third-order valence-electron chi connectivity index (χ3n) is 5.14. The van der Waals surface area contributed by atoms with Crippen molar-refractivity contribution in [3.63, 3.8) is 0 Å². The van der Waals surface area contributed by atoms with Gasteiger partial charge in [0.25, 0.3) is 0 Å². The molecule has 34 heavy (non-hydrogen) atoms. The summed E-state index contributed by atoms with van der Waals surface area (Å²) in [6, 6.07) is 7.11. The molecule has 0 amide bonds. The minimum absolute atomic E-state index is 0.0327. The van der Waals surface area contributed by atoms with Crippen molar-refractivity contribution in [1.29, 1.82) is 0 Å². The van der Waals surface area contributed by atoms with Crippen LogP contribution in [0.5, 0.6) is 0 Å². The Hall–Kier alpha value is -3.41. The highest BCUT2D eigenvalue weighted by Gasteiger charge is 2.31. The fraction of sp³-hybridized carbons (Fsp3) is 0.182. The lowest BCUT2D eigenvalue weighted by Gasteiger charge is -2.11. The molecule has 0 unspecified atom stereocenters. The van der Waals surface area contributed by atoms with Crippen LogP contribution in [0.1, 0.15) is 18.1 Å². The van der Waals surface area contributed by atoms with Gasteiger partial charge in [0.05, 0.1) is 21.8 Å². The van der Waals surface area contributed by atoms with Crippen LogP contribution in [-0.4, -0.2) is 28.5 Å². The molecule has 0 spiro atoms. The highest BCUT2D eigenvalue weighted by Crippen LogP contribution is 2.34. The van der Waals surface area contributed by atoms with Crippen molar-refractivity contribution in [2.24, 2.45) is 0 Å². The van der Waals surface area contributed by atoms with Crippen molar-refractivity contribution in [1.82, 2.24) is 14.4 Å². The molecule has 12 heteroatoms. The normalized spacial score (nSPS) is 12.9. The average molecular weight is 499 g/mol. The second-order valence-corrected chi connectivity index (χ2v) is 9.60. The molecule has 0 saturated carbocycles. The van der Waals surface area contributed by atoms with Gasteiger partial charge in [-0.2, -0.15) is 26.3 Å². The summed E-state index contributed by atoms with van der Waals surface area (Å²) in [5, 5.41) is 0. The van der Waals surface area contributed by atoms with Gasteiger partial charge in [-0.3, -0.25) is 4.98 Å². The molecular formula is C22H15F6N3O2S. The van der Waals surface area contributed by atoms with Crippen LogP contribution >= 0.6 is 0 Å². The maximum absolute atomic E-state index is 13.0. The number of pyridine rings is 2. The molecular weight excluding hydrogens is 484 g/mol. The molecule has 0 aliphatic rings. The highest BCUT2D eigenvalue weighted by atomic mass is 32.2. The lowest BCUT2D eigenvalue weighted by molar-refractivity contribution is -0.138. The first-order chi connectivity index (χ1) is 15.8. The molecule has 0 atom stereocenters. The van der Waals surface area contributed by atoms with Crippen LogP contribution in [0.15, 0.2) is 66.0 Å². The Balaban J connectivity index is 1.84. The molecule has 178 valence electrons. The van der Waals surface area contributed by atoms with Crippen molar-refractivity contribution in [2.45, 2.75) is 24.2 Å². The van der Waals surface area contributed by atoms with E-state index in [4.69, 9.17) is 0 Å². The van der Waals surface area contributed by atoms with E-state index in [0.717, 1.165) is 30.5 Å². The fourth-order valence-electron chi connectivity index (χ4n) is 3.31. The molecule has 3 heterocycles. The molecule has 0 radical (unpaired) electrons. The first-order valence-electron chi connectivity index (χ1n) is 9.76. The first kappa shape index (κ1) is 23.7. The van der Waals surface area contributed by atoms with Crippen molar-refractivity contribution in [2.75, 3.05) is 5.75 Å². The number of aromatic nitrogens is 3. The molecule has 0 bridgehead atoms. The van der Waals surface area contributed by atoms with Crippen molar-refractivity contribution < 1.29 is 34.8 Å². The van der Waals surface area contributed by atoms with Crippen molar-refractivity contribution >= 4 is 15.5 Å². The summed E-state index contributed by atoms with van der Waals surface area (Å²) in [7, 11) is -3.88. The Morgan fingerprint density at radius 1 is 0.882 bits per heavy atom. The van der Waals surface area contributed by atoms with E-state index in [1.54, 1.807) is 0 Å². The Kier molecular flexibility index (Phi) is 5.67. The van der Waals surface area contributed by atoms with Gasteiger partial charge in [-0.15, -0.1) is 0 Å². The number of halogens is 6. The van der Waals surface area contributed by atoms with E-state index in [0.29, 0.717) is 5.56 Å². The van der Waals surface area contributed by atoms with Crippen molar-refractivity contribution in [3.8, 4) is 22.5 Å². The fourth-order valence-corrected chi connectivity index (χ4v) is 4.38. The van der Waals surface area contributed by atoms with E-state index in [9.17, 15) is 34.8 Å². The summed E-state index contributed by atoms with van der Waals surface area (Å²) in [5.74, 6) is -0.302. The average Bonchev–Trinajstić information content (AvgIpc) is 3.21. The second kappa shape index (κ2) is 8.12. The van der Waals surface area contributed by atoms with Gasteiger partial charge in [0, 0.05) is 24.2 Å². The molecule has 0 aliphatic heterocycles. The summed E-state index contributed by atoms with van der Waals surface area (Å²) >= 11 is 0.